The first-order valence-corrected chi connectivity index (χ1v) is 5.89. The largest absolute Gasteiger partial charge is 0.328 e. The molecule has 1 aromatic carbocycles. The summed E-state index contributed by atoms with van der Waals surface area (Å²) in [7, 11) is 0. The Labute approximate surface area is 96.2 Å². The van der Waals surface area contributed by atoms with E-state index in [0.29, 0.717) is 6.04 Å². The number of hydrogen-bond donors (Lipinski definition) is 1. The average Bonchev–Trinajstić information content (AvgIpc) is 2.28. The van der Waals surface area contributed by atoms with Gasteiger partial charge in [-0.25, -0.2) is 4.39 Å². The average molecular weight is 222 g/mol. The number of benzene rings is 1. The molecule has 1 aromatic rings. The molecule has 0 saturated carbocycles. The van der Waals surface area contributed by atoms with E-state index >= 15 is 0 Å². The molecule has 0 aliphatic carbocycles. The molecule has 2 N–H and O–H groups in total. The first-order chi connectivity index (χ1) is 7.66. The molecule has 3 heteroatoms. The molecule has 0 amide bonds. The number of halogens is 1. The highest BCUT2D eigenvalue weighted by Crippen LogP contribution is 2.17. The monoisotopic (exact) mass is 222 g/mol. The molecule has 88 valence electrons. The number of nitrogens with zero attached hydrogens (tertiary/aromatic N) is 1. The number of hydrogen-bond acceptors (Lipinski definition) is 2. The summed E-state index contributed by atoms with van der Waals surface area (Å²) in [5.41, 5.74) is 7.73. The van der Waals surface area contributed by atoms with Crippen LogP contribution in [0.5, 0.6) is 0 Å². The predicted octanol–water partition coefficient (Wildman–Crippen LogP) is 2.06. The molecule has 16 heavy (non-hydrogen) atoms. The molecule has 1 saturated heterocycles. The molecule has 2 nitrogen and oxygen atoms in total. The number of likely N-dealkylation sites (tertiary alicyclic amines) is 1. The maximum absolute atomic E-state index is 13.4. The minimum atomic E-state index is -0.105. The Morgan fingerprint density at radius 3 is 2.75 bits per heavy atom. The van der Waals surface area contributed by atoms with Crippen LogP contribution >= 0.6 is 0 Å². The van der Waals surface area contributed by atoms with Gasteiger partial charge in [0.05, 0.1) is 0 Å². The van der Waals surface area contributed by atoms with Crippen molar-refractivity contribution in [3.8, 4) is 0 Å². The van der Waals surface area contributed by atoms with Gasteiger partial charge in [0.2, 0.25) is 0 Å². The van der Waals surface area contributed by atoms with Gasteiger partial charge in [-0.1, -0.05) is 12.1 Å². The fourth-order valence-corrected chi connectivity index (χ4v) is 2.18. The summed E-state index contributed by atoms with van der Waals surface area (Å²) < 4.78 is 13.4. The number of nitrogens with two attached hydrogens (primary N) is 1. The summed E-state index contributed by atoms with van der Waals surface area (Å²) in [6, 6.07) is 5.66. The molecular formula is C13H19FN2. The molecule has 0 aromatic heterocycles. The number of rotatable bonds is 2. The molecule has 0 unspecified atom stereocenters. The second kappa shape index (κ2) is 4.93. The first-order valence-electron chi connectivity index (χ1n) is 5.89. The van der Waals surface area contributed by atoms with E-state index in [1.54, 1.807) is 6.07 Å². The third-order valence-corrected chi connectivity index (χ3v) is 3.41. The summed E-state index contributed by atoms with van der Waals surface area (Å²) >= 11 is 0. The Bertz CT molecular complexity index is 357. The van der Waals surface area contributed by atoms with E-state index in [-0.39, 0.29) is 5.82 Å². The summed E-state index contributed by atoms with van der Waals surface area (Å²) in [6.45, 7) is 4.74. The van der Waals surface area contributed by atoms with Crippen LogP contribution in [0.25, 0.3) is 0 Å². The predicted molar refractivity (Wildman–Crippen MR) is 63.6 cm³/mol. The van der Waals surface area contributed by atoms with E-state index in [1.165, 1.54) is 6.07 Å². The summed E-state index contributed by atoms with van der Waals surface area (Å²) in [5, 5.41) is 0. The van der Waals surface area contributed by atoms with E-state index < -0.39 is 0 Å². The van der Waals surface area contributed by atoms with Crippen LogP contribution in [-0.4, -0.2) is 24.0 Å². The van der Waals surface area contributed by atoms with E-state index in [1.807, 2.05) is 13.0 Å². The molecule has 2 rings (SSSR count). The molecule has 1 fully saturated rings. The first kappa shape index (κ1) is 11.6. The third-order valence-electron chi connectivity index (χ3n) is 3.41. The van der Waals surface area contributed by atoms with Crippen molar-refractivity contribution in [2.75, 3.05) is 13.1 Å². The Hall–Kier alpha value is -0.930. The van der Waals surface area contributed by atoms with Gasteiger partial charge < -0.3 is 5.73 Å². The van der Waals surface area contributed by atoms with Crippen LogP contribution in [0.3, 0.4) is 0 Å². The summed E-state index contributed by atoms with van der Waals surface area (Å²) in [4.78, 5) is 2.35. The van der Waals surface area contributed by atoms with Gasteiger partial charge in [-0.3, -0.25) is 4.90 Å². The minimum Gasteiger partial charge on any atom is -0.328 e. The lowest BCUT2D eigenvalue weighted by molar-refractivity contribution is 0.205. The van der Waals surface area contributed by atoms with Crippen molar-refractivity contribution >= 4 is 0 Å². The molecule has 0 radical (unpaired) electrons. The summed E-state index contributed by atoms with van der Waals surface area (Å²) in [6.07, 6.45) is 2.10. The summed E-state index contributed by atoms with van der Waals surface area (Å²) in [5.74, 6) is -0.105. The van der Waals surface area contributed by atoms with Gasteiger partial charge in [-0.2, -0.15) is 0 Å². The molecule has 1 aliphatic heterocycles. The van der Waals surface area contributed by atoms with E-state index in [9.17, 15) is 4.39 Å². The zero-order valence-corrected chi connectivity index (χ0v) is 9.75. The molecule has 1 heterocycles. The highest BCUT2D eigenvalue weighted by atomic mass is 19.1. The Kier molecular flexibility index (Phi) is 3.56. The van der Waals surface area contributed by atoms with Crippen molar-refractivity contribution < 1.29 is 4.39 Å². The van der Waals surface area contributed by atoms with Gasteiger partial charge in [0.1, 0.15) is 5.82 Å². The van der Waals surface area contributed by atoms with Crippen LogP contribution in [0.4, 0.5) is 4.39 Å². The van der Waals surface area contributed by atoms with Gasteiger partial charge in [-0.05, 0) is 50.0 Å². The second-order valence-corrected chi connectivity index (χ2v) is 4.64. The van der Waals surface area contributed by atoms with Gasteiger partial charge in [0.15, 0.2) is 0 Å². The zero-order valence-electron chi connectivity index (χ0n) is 9.75. The fourth-order valence-electron chi connectivity index (χ4n) is 2.18. The fraction of sp³-hybridized carbons (Fsp3) is 0.538. The lowest BCUT2D eigenvalue weighted by Gasteiger charge is -2.30. The molecule has 1 aliphatic rings. The van der Waals surface area contributed by atoms with Gasteiger partial charge in [-0.15, -0.1) is 0 Å². The number of piperidine rings is 1. The zero-order chi connectivity index (χ0) is 11.5. The lowest BCUT2D eigenvalue weighted by atomic mass is 10.0. The van der Waals surface area contributed by atoms with Crippen LogP contribution in [0.1, 0.15) is 24.0 Å². The highest BCUT2D eigenvalue weighted by Gasteiger charge is 2.16. The molecular weight excluding hydrogens is 203 g/mol. The van der Waals surface area contributed by atoms with Crippen molar-refractivity contribution in [1.29, 1.82) is 0 Å². The van der Waals surface area contributed by atoms with Crippen LogP contribution < -0.4 is 5.73 Å². The van der Waals surface area contributed by atoms with Gasteiger partial charge in [0, 0.05) is 12.6 Å². The second-order valence-electron chi connectivity index (χ2n) is 4.64. The Morgan fingerprint density at radius 2 is 2.06 bits per heavy atom. The Morgan fingerprint density at radius 1 is 1.38 bits per heavy atom. The van der Waals surface area contributed by atoms with Gasteiger partial charge in [0.25, 0.3) is 0 Å². The topological polar surface area (TPSA) is 29.3 Å². The van der Waals surface area contributed by atoms with Gasteiger partial charge >= 0.3 is 0 Å². The SMILES string of the molecule is Cc1c(F)cccc1CN1CCC(N)CC1. The molecule has 0 spiro atoms. The van der Waals surface area contributed by atoms with E-state index in [0.717, 1.165) is 43.6 Å². The normalized spacial score (nSPS) is 18.9. The standard InChI is InChI=1S/C13H19FN2/c1-10-11(3-2-4-13(10)14)9-16-7-5-12(15)6-8-16/h2-4,12H,5-9,15H2,1H3. The lowest BCUT2D eigenvalue weighted by Crippen LogP contribution is -2.39. The van der Waals surface area contributed by atoms with Crippen molar-refractivity contribution in [3.63, 3.8) is 0 Å². The highest BCUT2D eigenvalue weighted by molar-refractivity contribution is 5.27. The van der Waals surface area contributed by atoms with E-state index in [4.69, 9.17) is 5.73 Å². The van der Waals surface area contributed by atoms with E-state index in [2.05, 4.69) is 4.90 Å². The minimum absolute atomic E-state index is 0.105. The quantitative estimate of drug-likeness (QED) is 0.830. The third kappa shape index (κ3) is 2.60. The molecule has 0 atom stereocenters. The molecule has 0 bridgehead atoms. The van der Waals surface area contributed by atoms with Crippen molar-refractivity contribution in [3.05, 3.63) is 35.1 Å². The van der Waals surface area contributed by atoms with Crippen molar-refractivity contribution in [1.82, 2.24) is 4.90 Å². The van der Waals surface area contributed by atoms with Crippen LogP contribution in [-0.2, 0) is 6.54 Å². The smallest absolute Gasteiger partial charge is 0.126 e. The van der Waals surface area contributed by atoms with Crippen LogP contribution in [0.15, 0.2) is 18.2 Å². The Balaban J connectivity index is 2.01. The van der Waals surface area contributed by atoms with Crippen LogP contribution in [0, 0.1) is 12.7 Å². The van der Waals surface area contributed by atoms with Crippen LogP contribution in [0.2, 0.25) is 0 Å². The maximum Gasteiger partial charge on any atom is 0.126 e. The van der Waals surface area contributed by atoms with Crippen molar-refractivity contribution in [2.24, 2.45) is 5.73 Å². The van der Waals surface area contributed by atoms with Crippen molar-refractivity contribution in [2.45, 2.75) is 32.4 Å². The maximum atomic E-state index is 13.4.